The molecular weight excluding hydrogens is 156 g/mol. The summed E-state index contributed by atoms with van der Waals surface area (Å²) >= 11 is 0. The van der Waals surface area contributed by atoms with E-state index < -0.39 is 0 Å². The molecule has 1 rings (SSSR count). The molecule has 1 atom stereocenters. The highest BCUT2D eigenvalue weighted by Crippen LogP contribution is 2.06. The van der Waals surface area contributed by atoms with E-state index in [4.69, 9.17) is 0 Å². The van der Waals surface area contributed by atoms with Gasteiger partial charge in [-0.05, 0) is 12.0 Å². The second-order valence-corrected chi connectivity index (χ2v) is 3.27. The minimum absolute atomic E-state index is 0.474. The van der Waals surface area contributed by atoms with Crippen molar-refractivity contribution in [3.63, 3.8) is 0 Å². The number of hydrogen-bond donors (Lipinski definition) is 0. The van der Waals surface area contributed by atoms with Gasteiger partial charge < -0.3 is 0 Å². The quantitative estimate of drug-likeness (QED) is 0.600. The molecule has 0 unspecified atom stereocenters. The molecule has 0 radical (unpaired) electrons. The fourth-order valence-corrected chi connectivity index (χ4v) is 1.29. The maximum Gasteiger partial charge on any atom is 0.0214 e. The zero-order chi connectivity index (χ0) is 9.52. The fourth-order valence-electron chi connectivity index (χ4n) is 1.29. The zero-order valence-corrected chi connectivity index (χ0v) is 8.38. The Hall–Kier alpha value is -1.22. The van der Waals surface area contributed by atoms with Crippen molar-refractivity contribution in [3.05, 3.63) is 35.9 Å². The molecule has 0 heteroatoms. The van der Waals surface area contributed by atoms with Gasteiger partial charge in [0.1, 0.15) is 0 Å². The summed E-state index contributed by atoms with van der Waals surface area (Å²) in [7, 11) is 0. The average Bonchev–Trinajstić information content (AvgIpc) is 2.16. The molecule has 1 aromatic rings. The predicted octanol–water partition coefficient (Wildman–Crippen LogP) is 3.28. The summed E-state index contributed by atoms with van der Waals surface area (Å²) in [6, 6.07) is 10.5. The van der Waals surface area contributed by atoms with Crippen LogP contribution in [0.25, 0.3) is 0 Å². The van der Waals surface area contributed by atoms with Gasteiger partial charge in [-0.2, -0.15) is 0 Å². The minimum Gasteiger partial charge on any atom is -0.103 e. The summed E-state index contributed by atoms with van der Waals surface area (Å²) in [5.41, 5.74) is 1.38. The Kier molecular flexibility index (Phi) is 4.12. The Morgan fingerprint density at radius 2 is 1.92 bits per heavy atom. The molecule has 0 bridgehead atoms. The van der Waals surface area contributed by atoms with E-state index in [1.165, 1.54) is 5.56 Å². The normalized spacial score (nSPS) is 11.5. The van der Waals surface area contributed by atoms with Crippen LogP contribution in [0, 0.1) is 17.8 Å². The van der Waals surface area contributed by atoms with Crippen LogP contribution in [0.4, 0.5) is 0 Å². The number of benzene rings is 1. The van der Waals surface area contributed by atoms with Crippen LogP contribution < -0.4 is 0 Å². The molecule has 0 heterocycles. The topological polar surface area (TPSA) is 0 Å². The lowest BCUT2D eigenvalue weighted by atomic mass is 10.0. The number of rotatable bonds is 2. The lowest BCUT2D eigenvalue weighted by Gasteiger charge is -2.02. The molecule has 13 heavy (non-hydrogen) atoms. The van der Waals surface area contributed by atoms with Crippen LogP contribution in [0.1, 0.15) is 25.8 Å². The first-order valence-corrected chi connectivity index (χ1v) is 4.85. The average molecular weight is 172 g/mol. The van der Waals surface area contributed by atoms with Crippen molar-refractivity contribution < 1.29 is 0 Å². The molecule has 0 fully saturated rings. The molecule has 0 N–H and O–H groups in total. The molecule has 0 aliphatic carbocycles. The van der Waals surface area contributed by atoms with Gasteiger partial charge in [-0.1, -0.05) is 50.1 Å². The van der Waals surface area contributed by atoms with E-state index in [1.54, 1.807) is 0 Å². The van der Waals surface area contributed by atoms with Crippen LogP contribution in [0.3, 0.4) is 0 Å². The van der Waals surface area contributed by atoms with Crippen LogP contribution in [0.15, 0.2) is 30.3 Å². The van der Waals surface area contributed by atoms with E-state index in [1.807, 2.05) is 6.07 Å². The van der Waals surface area contributed by atoms with E-state index in [-0.39, 0.29) is 0 Å². The van der Waals surface area contributed by atoms with E-state index in [9.17, 15) is 0 Å². The minimum atomic E-state index is 0.474. The molecule has 0 aliphatic heterocycles. The Balaban J connectivity index is 2.50. The molecule has 0 spiro atoms. The van der Waals surface area contributed by atoms with Crippen molar-refractivity contribution in [2.75, 3.05) is 0 Å². The third-order valence-corrected chi connectivity index (χ3v) is 1.91. The molecule has 0 nitrogen and oxygen atoms in total. The summed E-state index contributed by atoms with van der Waals surface area (Å²) in [5.74, 6) is 6.82. The molecule has 0 amide bonds. The van der Waals surface area contributed by atoms with Gasteiger partial charge in [0.25, 0.3) is 0 Å². The van der Waals surface area contributed by atoms with E-state index in [0.717, 1.165) is 12.8 Å². The molecule has 0 aliphatic rings. The Morgan fingerprint density at radius 1 is 1.23 bits per heavy atom. The standard InChI is InChI=1S/C13H16/c1-3-4-8-12(2)11-13-9-6-5-7-10-13/h5-7,9-10,12H,3,11H2,1-2H3/t12-/m0/s1. The van der Waals surface area contributed by atoms with Crippen molar-refractivity contribution in [3.8, 4) is 11.8 Å². The maximum absolute atomic E-state index is 3.23. The zero-order valence-electron chi connectivity index (χ0n) is 8.38. The molecule has 0 saturated heterocycles. The van der Waals surface area contributed by atoms with Crippen molar-refractivity contribution in [1.29, 1.82) is 0 Å². The highest BCUT2D eigenvalue weighted by atomic mass is 14.0. The van der Waals surface area contributed by atoms with Crippen molar-refractivity contribution in [1.82, 2.24) is 0 Å². The molecular formula is C13H16. The van der Waals surface area contributed by atoms with Gasteiger partial charge in [0.15, 0.2) is 0 Å². The van der Waals surface area contributed by atoms with E-state index in [2.05, 4.69) is 50.0 Å². The van der Waals surface area contributed by atoms with Crippen LogP contribution in [-0.4, -0.2) is 0 Å². The first-order valence-electron chi connectivity index (χ1n) is 4.85. The van der Waals surface area contributed by atoms with Crippen molar-refractivity contribution in [2.24, 2.45) is 5.92 Å². The van der Waals surface area contributed by atoms with Crippen LogP contribution in [-0.2, 0) is 6.42 Å². The Morgan fingerprint density at radius 3 is 2.54 bits per heavy atom. The largest absolute Gasteiger partial charge is 0.103 e. The summed E-state index contributed by atoms with van der Waals surface area (Å²) in [4.78, 5) is 0. The summed E-state index contributed by atoms with van der Waals surface area (Å²) in [6.07, 6.45) is 2.02. The third-order valence-electron chi connectivity index (χ3n) is 1.91. The van der Waals surface area contributed by atoms with Crippen LogP contribution >= 0.6 is 0 Å². The van der Waals surface area contributed by atoms with Gasteiger partial charge in [-0.15, -0.1) is 5.92 Å². The maximum atomic E-state index is 3.23. The summed E-state index contributed by atoms with van der Waals surface area (Å²) in [5, 5.41) is 0. The monoisotopic (exact) mass is 172 g/mol. The molecule has 0 saturated carbocycles. The van der Waals surface area contributed by atoms with E-state index in [0.29, 0.717) is 5.92 Å². The fraction of sp³-hybridized carbons (Fsp3) is 0.385. The second kappa shape index (κ2) is 5.43. The van der Waals surface area contributed by atoms with Gasteiger partial charge in [0, 0.05) is 12.3 Å². The number of hydrogen-bond acceptors (Lipinski definition) is 0. The highest BCUT2D eigenvalue weighted by molar-refractivity contribution is 5.17. The predicted molar refractivity (Wildman–Crippen MR) is 57.4 cm³/mol. The van der Waals surface area contributed by atoms with Gasteiger partial charge in [0.05, 0.1) is 0 Å². The van der Waals surface area contributed by atoms with Crippen molar-refractivity contribution in [2.45, 2.75) is 26.7 Å². The Bertz CT molecular complexity index is 287. The smallest absolute Gasteiger partial charge is 0.0214 e. The molecule has 68 valence electrons. The van der Waals surface area contributed by atoms with Crippen LogP contribution in [0.5, 0.6) is 0 Å². The SMILES string of the molecule is CCC#C[C@H](C)Cc1ccccc1. The van der Waals surface area contributed by atoms with Gasteiger partial charge in [0.2, 0.25) is 0 Å². The van der Waals surface area contributed by atoms with Gasteiger partial charge in [-0.3, -0.25) is 0 Å². The second-order valence-electron chi connectivity index (χ2n) is 3.27. The molecule has 0 aromatic heterocycles. The first kappa shape index (κ1) is 9.86. The molecule has 1 aromatic carbocycles. The summed E-state index contributed by atoms with van der Waals surface area (Å²) in [6.45, 7) is 4.26. The van der Waals surface area contributed by atoms with E-state index >= 15 is 0 Å². The first-order chi connectivity index (χ1) is 6.33. The van der Waals surface area contributed by atoms with Crippen molar-refractivity contribution >= 4 is 0 Å². The highest BCUT2D eigenvalue weighted by Gasteiger charge is 1.97. The lowest BCUT2D eigenvalue weighted by molar-refractivity contribution is 0.749. The Labute approximate surface area is 81.0 Å². The van der Waals surface area contributed by atoms with Crippen LogP contribution in [0.2, 0.25) is 0 Å². The van der Waals surface area contributed by atoms with Gasteiger partial charge in [-0.25, -0.2) is 0 Å². The van der Waals surface area contributed by atoms with Gasteiger partial charge >= 0.3 is 0 Å². The third kappa shape index (κ3) is 3.80. The summed E-state index contributed by atoms with van der Waals surface area (Å²) < 4.78 is 0. The lowest BCUT2D eigenvalue weighted by Crippen LogP contribution is -1.95.